The Bertz CT molecular complexity index is 475. The van der Waals surface area contributed by atoms with Crippen molar-refractivity contribution in [2.75, 3.05) is 44.7 Å². The van der Waals surface area contributed by atoms with E-state index in [0.717, 1.165) is 43.7 Å². The third kappa shape index (κ3) is 3.53. The molecule has 2 saturated heterocycles. The molecule has 4 heteroatoms. The lowest BCUT2D eigenvalue weighted by Gasteiger charge is -2.35. The fraction of sp³-hybridized carbons (Fsp3) is 0.647. The molecule has 2 fully saturated rings. The Balaban J connectivity index is 1.71. The van der Waals surface area contributed by atoms with Gasteiger partial charge in [-0.15, -0.1) is 0 Å². The molecule has 0 aliphatic carbocycles. The number of nitrogens with zero attached hydrogens (tertiary/aromatic N) is 2. The lowest BCUT2D eigenvalue weighted by molar-refractivity contribution is 0.313. The second-order valence-corrected chi connectivity index (χ2v) is 7.05. The molecule has 0 saturated carbocycles. The predicted octanol–water partition coefficient (Wildman–Crippen LogP) is 3.15. The van der Waals surface area contributed by atoms with E-state index in [4.69, 9.17) is 11.6 Å². The van der Waals surface area contributed by atoms with E-state index in [0.29, 0.717) is 6.04 Å². The molecule has 0 amide bonds. The maximum Gasteiger partial charge on any atom is 0.0642 e. The molecule has 1 aromatic carbocycles. The molecule has 3 nitrogen and oxygen atoms in total. The second-order valence-electron chi connectivity index (χ2n) is 6.64. The molecule has 2 heterocycles. The van der Waals surface area contributed by atoms with Crippen molar-refractivity contribution in [1.29, 1.82) is 0 Å². The molecular formula is C17H26ClN3. The summed E-state index contributed by atoms with van der Waals surface area (Å²) >= 11 is 6.56. The molecule has 0 aromatic heterocycles. The molecular weight excluding hydrogens is 282 g/mol. The monoisotopic (exact) mass is 307 g/mol. The summed E-state index contributed by atoms with van der Waals surface area (Å²) in [6.07, 6.45) is 2.51. The minimum Gasteiger partial charge on any atom is -0.368 e. The minimum absolute atomic E-state index is 0.472. The lowest BCUT2D eigenvalue weighted by Crippen LogP contribution is -2.44. The number of rotatable bonds is 2. The largest absolute Gasteiger partial charge is 0.368 e. The minimum atomic E-state index is 0.472. The van der Waals surface area contributed by atoms with Gasteiger partial charge in [0.05, 0.1) is 10.7 Å². The molecule has 116 valence electrons. The lowest BCUT2D eigenvalue weighted by atomic mass is 9.92. The van der Waals surface area contributed by atoms with E-state index in [-0.39, 0.29) is 0 Å². The van der Waals surface area contributed by atoms with Crippen LogP contribution in [-0.2, 0) is 0 Å². The number of piperidine rings is 1. The van der Waals surface area contributed by atoms with E-state index in [1.165, 1.54) is 24.1 Å². The van der Waals surface area contributed by atoms with Crippen molar-refractivity contribution in [3.05, 3.63) is 28.8 Å². The van der Waals surface area contributed by atoms with Crippen LogP contribution in [0, 0.1) is 5.92 Å². The number of benzene rings is 1. The zero-order valence-electron chi connectivity index (χ0n) is 13.1. The number of likely N-dealkylation sites (N-methyl/N-ethyl adjacent to an activating group) is 1. The summed E-state index contributed by atoms with van der Waals surface area (Å²) in [7, 11) is 2.18. The van der Waals surface area contributed by atoms with Gasteiger partial charge in [-0.3, -0.25) is 0 Å². The number of halogens is 1. The fourth-order valence-electron chi connectivity index (χ4n) is 3.33. The first-order chi connectivity index (χ1) is 10.1. The van der Waals surface area contributed by atoms with Crippen molar-refractivity contribution in [2.24, 2.45) is 5.92 Å². The SMILES string of the molecule is CC1CCC(c2ccc(N3CCN(C)CC3)c(Cl)c2)NC1. The number of anilines is 1. The van der Waals surface area contributed by atoms with Crippen molar-refractivity contribution in [2.45, 2.75) is 25.8 Å². The van der Waals surface area contributed by atoms with Gasteiger partial charge in [-0.2, -0.15) is 0 Å². The van der Waals surface area contributed by atoms with Gasteiger partial charge >= 0.3 is 0 Å². The predicted molar refractivity (Wildman–Crippen MR) is 90.3 cm³/mol. The van der Waals surface area contributed by atoms with E-state index in [9.17, 15) is 0 Å². The molecule has 1 N–H and O–H groups in total. The standard InChI is InChI=1S/C17H26ClN3/c1-13-3-5-16(19-12-13)14-4-6-17(15(18)11-14)21-9-7-20(2)8-10-21/h4,6,11,13,16,19H,3,5,7-10,12H2,1-2H3. The first-order valence-corrected chi connectivity index (χ1v) is 8.47. The first kappa shape index (κ1) is 15.1. The van der Waals surface area contributed by atoms with Crippen LogP contribution in [0.25, 0.3) is 0 Å². The van der Waals surface area contributed by atoms with Crippen LogP contribution in [-0.4, -0.2) is 44.7 Å². The van der Waals surface area contributed by atoms with Crippen molar-refractivity contribution < 1.29 is 0 Å². The van der Waals surface area contributed by atoms with Gasteiger partial charge in [-0.1, -0.05) is 24.6 Å². The molecule has 2 unspecified atom stereocenters. The van der Waals surface area contributed by atoms with E-state index < -0.39 is 0 Å². The van der Waals surface area contributed by atoms with Crippen LogP contribution in [0.4, 0.5) is 5.69 Å². The summed E-state index contributed by atoms with van der Waals surface area (Å²) in [5.74, 6) is 0.793. The Morgan fingerprint density at radius 3 is 2.52 bits per heavy atom. The summed E-state index contributed by atoms with van der Waals surface area (Å²) in [6, 6.07) is 7.11. The first-order valence-electron chi connectivity index (χ1n) is 8.10. The van der Waals surface area contributed by atoms with Gasteiger partial charge in [0, 0.05) is 32.2 Å². The average Bonchev–Trinajstić information content (AvgIpc) is 2.49. The van der Waals surface area contributed by atoms with E-state index in [1.807, 2.05) is 0 Å². The molecule has 2 aliphatic rings. The topological polar surface area (TPSA) is 18.5 Å². The third-order valence-electron chi connectivity index (χ3n) is 4.88. The van der Waals surface area contributed by atoms with Gasteiger partial charge in [0.25, 0.3) is 0 Å². The third-order valence-corrected chi connectivity index (χ3v) is 5.18. The quantitative estimate of drug-likeness (QED) is 0.905. The summed E-state index contributed by atoms with van der Waals surface area (Å²) in [6.45, 7) is 7.78. The smallest absolute Gasteiger partial charge is 0.0642 e. The Morgan fingerprint density at radius 2 is 1.90 bits per heavy atom. The zero-order chi connectivity index (χ0) is 14.8. The summed E-state index contributed by atoms with van der Waals surface area (Å²) in [5, 5.41) is 4.54. The number of hydrogen-bond acceptors (Lipinski definition) is 3. The number of nitrogens with one attached hydrogen (secondary N) is 1. The molecule has 0 bridgehead atoms. The van der Waals surface area contributed by atoms with Crippen LogP contribution in [0.15, 0.2) is 18.2 Å². The molecule has 21 heavy (non-hydrogen) atoms. The zero-order valence-corrected chi connectivity index (χ0v) is 13.9. The highest BCUT2D eigenvalue weighted by Crippen LogP contribution is 2.32. The summed E-state index contributed by atoms with van der Waals surface area (Å²) < 4.78 is 0. The number of hydrogen-bond donors (Lipinski definition) is 1. The fourth-order valence-corrected chi connectivity index (χ4v) is 3.64. The summed E-state index contributed by atoms with van der Waals surface area (Å²) in [4.78, 5) is 4.77. The van der Waals surface area contributed by atoms with Crippen LogP contribution in [0.5, 0.6) is 0 Å². The van der Waals surface area contributed by atoms with E-state index >= 15 is 0 Å². The van der Waals surface area contributed by atoms with Gasteiger partial charge in [0.15, 0.2) is 0 Å². The molecule has 3 rings (SSSR count). The van der Waals surface area contributed by atoms with Gasteiger partial charge in [0.1, 0.15) is 0 Å². The Labute approximate surface area is 133 Å². The van der Waals surface area contributed by atoms with Crippen molar-refractivity contribution in [3.63, 3.8) is 0 Å². The van der Waals surface area contributed by atoms with Crippen molar-refractivity contribution in [3.8, 4) is 0 Å². The maximum absolute atomic E-state index is 6.56. The Kier molecular flexibility index (Phi) is 4.72. The molecule has 1 aromatic rings. The van der Waals surface area contributed by atoms with Crippen LogP contribution < -0.4 is 10.2 Å². The van der Waals surface area contributed by atoms with Gasteiger partial charge < -0.3 is 15.1 Å². The molecule has 0 radical (unpaired) electrons. The van der Waals surface area contributed by atoms with Gasteiger partial charge in [-0.05, 0) is 50.0 Å². The van der Waals surface area contributed by atoms with E-state index in [2.05, 4.69) is 47.3 Å². The highest BCUT2D eigenvalue weighted by atomic mass is 35.5. The van der Waals surface area contributed by atoms with Crippen molar-refractivity contribution >= 4 is 17.3 Å². The van der Waals surface area contributed by atoms with Crippen LogP contribution in [0.1, 0.15) is 31.4 Å². The molecule has 2 aliphatic heterocycles. The van der Waals surface area contributed by atoms with Gasteiger partial charge in [0.2, 0.25) is 0 Å². The normalized spacial score (nSPS) is 27.9. The number of piperazine rings is 1. The Hall–Kier alpha value is -0.770. The highest BCUT2D eigenvalue weighted by Gasteiger charge is 2.21. The molecule has 2 atom stereocenters. The molecule has 0 spiro atoms. The van der Waals surface area contributed by atoms with Crippen LogP contribution >= 0.6 is 11.6 Å². The summed E-state index contributed by atoms with van der Waals surface area (Å²) in [5.41, 5.74) is 2.53. The van der Waals surface area contributed by atoms with Gasteiger partial charge in [-0.25, -0.2) is 0 Å². The average molecular weight is 308 g/mol. The van der Waals surface area contributed by atoms with E-state index in [1.54, 1.807) is 0 Å². The maximum atomic E-state index is 6.56. The van der Waals surface area contributed by atoms with Crippen LogP contribution in [0.2, 0.25) is 5.02 Å². The Morgan fingerprint density at radius 1 is 1.14 bits per heavy atom. The highest BCUT2D eigenvalue weighted by molar-refractivity contribution is 6.33. The van der Waals surface area contributed by atoms with Crippen molar-refractivity contribution in [1.82, 2.24) is 10.2 Å². The van der Waals surface area contributed by atoms with Crippen LogP contribution in [0.3, 0.4) is 0 Å². The second kappa shape index (κ2) is 6.55.